The minimum atomic E-state index is -0.424. The van der Waals surface area contributed by atoms with Crippen molar-refractivity contribution in [1.29, 1.82) is 0 Å². The molecule has 110 valence electrons. The number of hydrogen-bond acceptors (Lipinski definition) is 4. The van der Waals surface area contributed by atoms with Crippen molar-refractivity contribution in [1.82, 2.24) is 4.90 Å². The fourth-order valence-electron chi connectivity index (χ4n) is 1.94. The summed E-state index contributed by atoms with van der Waals surface area (Å²) in [5.74, 6) is -0.895. The normalized spacial score (nSPS) is 12.1. The first-order valence-electron chi connectivity index (χ1n) is 6.59. The summed E-state index contributed by atoms with van der Waals surface area (Å²) in [6, 6.07) is 7.14. The van der Waals surface area contributed by atoms with Crippen LogP contribution in [0.15, 0.2) is 24.3 Å². The first-order chi connectivity index (χ1) is 9.36. The van der Waals surface area contributed by atoms with Crippen LogP contribution < -0.4 is 5.73 Å². The number of methoxy groups -OCH3 is 1. The van der Waals surface area contributed by atoms with E-state index in [-0.39, 0.29) is 24.4 Å². The van der Waals surface area contributed by atoms with Gasteiger partial charge in [-0.15, -0.1) is 0 Å². The average molecular weight is 278 g/mol. The van der Waals surface area contributed by atoms with Gasteiger partial charge in [0.05, 0.1) is 13.0 Å². The van der Waals surface area contributed by atoms with Crippen LogP contribution in [0.3, 0.4) is 0 Å². The largest absolute Gasteiger partial charge is 0.468 e. The first kappa shape index (κ1) is 16.0. The summed E-state index contributed by atoms with van der Waals surface area (Å²) in [6.07, 6.45) is 0. The predicted octanol–water partition coefficient (Wildman–Crippen LogP) is 1.78. The Bertz CT molecular complexity index is 486. The van der Waals surface area contributed by atoms with E-state index in [4.69, 9.17) is 5.73 Å². The highest BCUT2D eigenvalue weighted by Gasteiger charge is 2.26. The standard InChI is InChI=1S/C15H22N2O3/c1-10(2)17(9-14(18)20-4)15(19)11(3)12-6-5-7-13(16)8-12/h5-8,10-11H,9,16H2,1-4H3. The number of carbonyl (C=O) groups excluding carboxylic acids is 2. The Balaban J connectivity index is 2.91. The lowest BCUT2D eigenvalue weighted by Gasteiger charge is -2.28. The van der Waals surface area contributed by atoms with Gasteiger partial charge in [-0.1, -0.05) is 12.1 Å². The maximum absolute atomic E-state index is 12.5. The minimum absolute atomic E-state index is 0.0420. The second-order valence-electron chi connectivity index (χ2n) is 5.03. The highest BCUT2D eigenvalue weighted by Crippen LogP contribution is 2.21. The number of nitrogens with two attached hydrogens (primary N) is 1. The van der Waals surface area contributed by atoms with Crippen molar-refractivity contribution in [2.75, 3.05) is 19.4 Å². The van der Waals surface area contributed by atoms with E-state index in [1.165, 1.54) is 12.0 Å². The molecule has 1 rings (SSSR count). The molecular weight excluding hydrogens is 256 g/mol. The number of ether oxygens (including phenoxy) is 1. The Morgan fingerprint density at radius 3 is 2.45 bits per heavy atom. The second kappa shape index (κ2) is 6.93. The Morgan fingerprint density at radius 2 is 1.95 bits per heavy atom. The van der Waals surface area contributed by atoms with Crippen LogP contribution in [0.2, 0.25) is 0 Å². The zero-order valence-corrected chi connectivity index (χ0v) is 12.4. The molecule has 0 saturated heterocycles. The molecule has 1 aromatic rings. The lowest BCUT2D eigenvalue weighted by atomic mass is 9.98. The molecule has 0 aliphatic rings. The average Bonchev–Trinajstić information content (AvgIpc) is 2.42. The molecule has 5 nitrogen and oxygen atoms in total. The summed E-state index contributed by atoms with van der Waals surface area (Å²) in [6.45, 7) is 5.50. The zero-order valence-electron chi connectivity index (χ0n) is 12.4. The number of amides is 1. The number of hydrogen-bond donors (Lipinski definition) is 1. The molecular formula is C15H22N2O3. The summed E-state index contributed by atoms with van der Waals surface area (Å²) in [7, 11) is 1.31. The highest BCUT2D eigenvalue weighted by molar-refractivity contribution is 5.87. The van der Waals surface area contributed by atoms with E-state index >= 15 is 0 Å². The maximum atomic E-state index is 12.5. The van der Waals surface area contributed by atoms with Gasteiger partial charge in [-0.3, -0.25) is 9.59 Å². The molecule has 0 saturated carbocycles. The van der Waals surface area contributed by atoms with Crippen molar-refractivity contribution in [3.05, 3.63) is 29.8 Å². The third-order valence-electron chi connectivity index (χ3n) is 3.21. The number of nitrogens with zero attached hydrogens (tertiary/aromatic N) is 1. The van der Waals surface area contributed by atoms with Crippen molar-refractivity contribution in [2.45, 2.75) is 32.7 Å². The van der Waals surface area contributed by atoms with Crippen molar-refractivity contribution < 1.29 is 14.3 Å². The summed E-state index contributed by atoms with van der Waals surface area (Å²) in [5, 5.41) is 0. The molecule has 0 aliphatic heterocycles. The van der Waals surface area contributed by atoms with Crippen LogP contribution in [-0.4, -0.2) is 36.5 Å². The summed E-state index contributed by atoms with van der Waals surface area (Å²) >= 11 is 0. The smallest absolute Gasteiger partial charge is 0.325 e. The van der Waals surface area contributed by atoms with Gasteiger partial charge in [-0.25, -0.2) is 0 Å². The summed E-state index contributed by atoms with van der Waals surface area (Å²) in [4.78, 5) is 25.4. The van der Waals surface area contributed by atoms with E-state index in [1.54, 1.807) is 12.1 Å². The van der Waals surface area contributed by atoms with Gasteiger partial charge in [-0.05, 0) is 38.5 Å². The van der Waals surface area contributed by atoms with Gasteiger partial charge in [0.2, 0.25) is 5.91 Å². The van der Waals surface area contributed by atoms with Gasteiger partial charge in [0.15, 0.2) is 0 Å². The molecule has 1 atom stereocenters. The van der Waals surface area contributed by atoms with Crippen molar-refractivity contribution in [3.8, 4) is 0 Å². The molecule has 2 N–H and O–H groups in total. The molecule has 0 spiro atoms. The van der Waals surface area contributed by atoms with E-state index in [0.29, 0.717) is 5.69 Å². The van der Waals surface area contributed by atoms with Gasteiger partial charge < -0.3 is 15.4 Å². The molecule has 0 aromatic heterocycles. The Morgan fingerprint density at radius 1 is 1.30 bits per heavy atom. The number of nitrogen functional groups attached to an aromatic ring is 1. The van der Waals surface area contributed by atoms with Gasteiger partial charge in [0.1, 0.15) is 6.54 Å². The lowest BCUT2D eigenvalue weighted by Crippen LogP contribution is -2.43. The van der Waals surface area contributed by atoms with E-state index in [1.807, 2.05) is 32.9 Å². The highest BCUT2D eigenvalue weighted by atomic mass is 16.5. The quantitative estimate of drug-likeness (QED) is 0.658. The van der Waals surface area contributed by atoms with E-state index in [2.05, 4.69) is 4.74 Å². The SMILES string of the molecule is COC(=O)CN(C(=O)C(C)c1cccc(N)c1)C(C)C. The molecule has 0 radical (unpaired) electrons. The third kappa shape index (κ3) is 3.98. The monoisotopic (exact) mass is 278 g/mol. The van der Waals surface area contributed by atoms with Crippen LogP contribution in [0.1, 0.15) is 32.3 Å². The molecule has 0 aliphatic carbocycles. The summed E-state index contributed by atoms with van der Waals surface area (Å²) < 4.78 is 4.63. The van der Waals surface area contributed by atoms with Crippen LogP contribution in [0.25, 0.3) is 0 Å². The number of esters is 1. The molecule has 1 amide bonds. The van der Waals surface area contributed by atoms with Gasteiger partial charge in [0, 0.05) is 11.7 Å². The van der Waals surface area contributed by atoms with Crippen LogP contribution in [0, 0.1) is 0 Å². The fraction of sp³-hybridized carbons (Fsp3) is 0.467. The fourth-order valence-corrected chi connectivity index (χ4v) is 1.94. The van der Waals surface area contributed by atoms with Crippen LogP contribution in [0.5, 0.6) is 0 Å². The van der Waals surface area contributed by atoms with Crippen LogP contribution in [0.4, 0.5) is 5.69 Å². The number of anilines is 1. The second-order valence-corrected chi connectivity index (χ2v) is 5.03. The van der Waals surface area contributed by atoms with Gasteiger partial charge in [0.25, 0.3) is 0 Å². The number of benzene rings is 1. The number of rotatable bonds is 5. The van der Waals surface area contributed by atoms with E-state index in [9.17, 15) is 9.59 Å². The molecule has 5 heteroatoms. The predicted molar refractivity (Wildman–Crippen MR) is 78.1 cm³/mol. The van der Waals surface area contributed by atoms with Crippen molar-refractivity contribution in [3.63, 3.8) is 0 Å². The van der Waals surface area contributed by atoms with Crippen LogP contribution in [-0.2, 0) is 14.3 Å². The van der Waals surface area contributed by atoms with Crippen molar-refractivity contribution in [2.24, 2.45) is 0 Å². The van der Waals surface area contributed by atoms with Crippen molar-refractivity contribution >= 4 is 17.6 Å². The lowest BCUT2D eigenvalue weighted by molar-refractivity contribution is -0.148. The number of carbonyl (C=O) groups is 2. The first-order valence-corrected chi connectivity index (χ1v) is 6.59. The maximum Gasteiger partial charge on any atom is 0.325 e. The third-order valence-corrected chi connectivity index (χ3v) is 3.21. The Labute approximate surface area is 119 Å². The molecule has 20 heavy (non-hydrogen) atoms. The Hall–Kier alpha value is -2.04. The van der Waals surface area contributed by atoms with Gasteiger partial charge >= 0.3 is 5.97 Å². The molecule has 1 unspecified atom stereocenters. The molecule has 1 aromatic carbocycles. The molecule has 0 fully saturated rings. The van der Waals surface area contributed by atoms with E-state index < -0.39 is 5.97 Å². The summed E-state index contributed by atoms with van der Waals surface area (Å²) in [5.41, 5.74) is 7.19. The van der Waals surface area contributed by atoms with Gasteiger partial charge in [-0.2, -0.15) is 0 Å². The Kier molecular flexibility index (Phi) is 5.55. The minimum Gasteiger partial charge on any atom is -0.468 e. The van der Waals surface area contributed by atoms with E-state index in [0.717, 1.165) is 5.56 Å². The molecule has 0 bridgehead atoms. The zero-order chi connectivity index (χ0) is 15.3. The topological polar surface area (TPSA) is 72.6 Å². The molecule has 0 heterocycles. The van der Waals surface area contributed by atoms with Crippen LogP contribution >= 0.6 is 0 Å².